The minimum atomic E-state index is -0.477. The van der Waals surface area contributed by atoms with E-state index in [4.69, 9.17) is 4.74 Å². The van der Waals surface area contributed by atoms with Crippen molar-refractivity contribution in [1.29, 1.82) is 0 Å². The zero-order valence-corrected chi connectivity index (χ0v) is 8.57. The molecule has 14 heavy (non-hydrogen) atoms. The highest BCUT2D eigenvalue weighted by molar-refractivity contribution is 6.09. The van der Waals surface area contributed by atoms with Crippen LogP contribution in [0.25, 0.3) is 0 Å². The van der Waals surface area contributed by atoms with Gasteiger partial charge in [-0.3, -0.25) is 5.43 Å². The van der Waals surface area contributed by atoms with E-state index in [1.165, 1.54) is 6.21 Å². The van der Waals surface area contributed by atoms with Gasteiger partial charge >= 0.3 is 5.97 Å². The van der Waals surface area contributed by atoms with E-state index in [1.54, 1.807) is 18.4 Å². The van der Waals surface area contributed by atoms with Crippen molar-refractivity contribution in [2.75, 3.05) is 0 Å². The summed E-state index contributed by atoms with van der Waals surface area (Å²) in [5, 5.41) is 3.77. The van der Waals surface area contributed by atoms with Gasteiger partial charge < -0.3 is 4.74 Å². The lowest BCUT2D eigenvalue weighted by molar-refractivity contribution is -0.149. The van der Waals surface area contributed by atoms with Gasteiger partial charge in [-0.25, -0.2) is 4.79 Å². The van der Waals surface area contributed by atoms with Crippen LogP contribution in [0.2, 0.25) is 0 Å². The van der Waals surface area contributed by atoms with E-state index in [1.807, 2.05) is 20.8 Å². The molecule has 1 rings (SSSR count). The average Bonchev–Trinajstić information content (AvgIpc) is 2.27. The number of allylic oxidation sites excluding steroid dienone is 2. The summed E-state index contributed by atoms with van der Waals surface area (Å²) in [6.45, 7) is 5.48. The molecule has 1 heterocycles. The maximum absolute atomic E-state index is 11.5. The van der Waals surface area contributed by atoms with E-state index < -0.39 is 5.60 Å². The highest BCUT2D eigenvalue weighted by atomic mass is 16.6. The predicted octanol–water partition coefficient (Wildman–Crippen LogP) is 1.36. The Labute approximate surface area is 83.3 Å². The van der Waals surface area contributed by atoms with Crippen molar-refractivity contribution in [2.45, 2.75) is 26.4 Å². The molecule has 0 fully saturated rings. The number of rotatable bonds is 1. The van der Waals surface area contributed by atoms with E-state index >= 15 is 0 Å². The van der Waals surface area contributed by atoms with Crippen LogP contribution in [-0.4, -0.2) is 17.8 Å². The maximum Gasteiger partial charge on any atom is 0.340 e. The third kappa shape index (κ3) is 3.43. The molecule has 1 aliphatic heterocycles. The van der Waals surface area contributed by atoms with Gasteiger partial charge in [-0.2, -0.15) is 5.10 Å². The lowest BCUT2D eigenvalue weighted by Crippen LogP contribution is -2.25. The van der Waals surface area contributed by atoms with Crippen molar-refractivity contribution in [3.63, 3.8) is 0 Å². The molecule has 0 atom stereocenters. The first-order chi connectivity index (χ1) is 6.49. The zero-order chi connectivity index (χ0) is 10.6. The highest BCUT2D eigenvalue weighted by Gasteiger charge is 2.18. The standard InChI is InChI=1S/C10H14N2O2/c1-10(2,3)14-9(13)8-5-4-6-11-12-7-8/h4-7,11H,1-3H3. The van der Waals surface area contributed by atoms with Crippen LogP contribution in [-0.2, 0) is 9.53 Å². The molecule has 76 valence electrons. The summed E-state index contributed by atoms with van der Waals surface area (Å²) in [6.07, 6.45) is 6.42. The molecule has 0 aromatic heterocycles. The van der Waals surface area contributed by atoms with Crippen LogP contribution >= 0.6 is 0 Å². The normalized spacial score (nSPS) is 15.5. The largest absolute Gasteiger partial charge is 0.456 e. The molecule has 0 bridgehead atoms. The van der Waals surface area contributed by atoms with Gasteiger partial charge in [-0.1, -0.05) is 0 Å². The Morgan fingerprint density at radius 2 is 2.21 bits per heavy atom. The second-order valence-electron chi connectivity index (χ2n) is 3.87. The number of carbonyl (C=O) groups is 1. The van der Waals surface area contributed by atoms with Gasteiger partial charge in [0, 0.05) is 6.20 Å². The molecule has 0 unspecified atom stereocenters. The van der Waals surface area contributed by atoms with Crippen molar-refractivity contribution < 1.29 is 9.53 Å². The van der Waals surface area contributed by atoms with Gasteiger partial charge in [0.05, 0.1) is 11.8 Å². The lowest BCUT2D eigenvalue weighted by Gasteiger charge is -2.19. The van der Waals surface area contributed by atoms with Crippen molar-refractivity contribution in [1.82, 2.24) is 5.43 Å². The van der Waals surface area contributed by atoms with Gasteiger partial charge in [0.1, 0.15) is 5.60 Å². The number of carbonyl (C=O) groups excluding carboxylic acids is 1. The Morgan fingerprint density at radius 1 is 1.50 bits per heavy atom. The first-order valence-electron chi connectivity index (χ1n) is 4.38. The monoisotopic (exact) mass is 194 g/mol. The Balaban J connectivity index is 2.69. The number of nitrogens with one attached hydrogen (secondary N) is 1. The second-order valence-corrected chi connectivity index (χ2v) is 3.87. The van der Waals surface area contributed by atoms with E-state index in [-0.39, 0.29) is 5.97 Å². The molecule has 0 spiro atoms. The smallest absolute Gasteiger partial charge is 0.340 e. The number of esters is 1. The van der Waals surface area contributed by atoms with Crippen LogP contribution in [0.1, 0.15) is 20.8 Å². The van der Waals surface area contributed by atoms with Crippen molar-refractivity contribution in [2.24, 2.45) is 5.10 Å². The molecule has 0 saturated carbocycles. The average molecular weight is 194 g/mol. The van der Waals surface area contributed by atoms with Crippen LogP contribution in [0.15, 0.2) is 29.0 Å². The molecule has 4 heteroatoms. The van der Waals surface area contributed by atoms with Crippen LogP contribution in [0, 0.1) is 0 Å². The van der Waals surface area contributed by atoms with Gasteiger partial charge in [-0.05, 0) is 32.9 Å². The summed E-state index contributed by atoms with van der Waals surface area (Å²) in [5.41, 5.74) is 2.58. The summed E-state index contributed by atoms with van der Waals surface area (Å²) in [7, 11) is 0. The molecule has 0 aromatic carbocycles. The minimum Gasteiger partial charge on any atom is -0.456 e. The van der Waals surface area contributed by atoms with Gasteiger partial charge in [-0.15, -0.1) is 0 Å². The van der Waals surface area contributed by atoms with Crippen LogP contribution in [0.3, 0.4) is 0 Å². The van der Waals surface area contributed by atoms with Crippen LogP contribution < -0.4 is 5.43 Å². The van der Waals surface area contributed by atoms with Gasteiger partial charge in [0.25, 0.3) is 0 Å². The molecule has 1 N–H and O–H groups in total. The summed E-state index contributed by atoms with van der Waals surface area (Å²) in [6, 6.07) is 0. The SMILES string of the molecule is CC(C)(C)OC(=O)C1=CC=CNN=C1. The van der Waals surface area contributed by atoms with Crippen molar-refractivity contribution in [3.05, 3.63) is 23.9 Å². The summed E-state index contributed by atoms with van der Waals surface area (Å²) in [5.74, 6) is -0.366. The van der Waals surface area contributed by atoms with Gasteiger partial charge in [0.2, 0.25) is 0 Å². The fourth-order valence-corrected chi connectivity index (χ4v) is 0.845. The Hall–Kier alpha value is -1.58. The summed E-state index contributed by atoms with van der Waals surface area (Å²) in [4.78, 5) is 11.5. The molecule has 0 radical (unpaired) electrons. The summed E-state index contributed by atoms with van der Waals surface area (Å²) < 4.78 is 5.17. The molecular formula is C10H14N2O2. The molecule has 0 saturated heterocycles. The molecule has 0 aliphatic carbocycles. The maximum atomic E-state index is 11.5. The van der Waals surface area contributed by atoms with E-state index in [0.29, 0.717) is 5.57 Å². The first kappa shape index (κ1) is 10.5. The van der Waals surface area contributed by atoms with Crippen molar-refractivity contribution in [3.8, 4) is 0 Å². The van der Waals surface area contributed by atoms with Crippen molar-refractivity contribution >= 4 is 12.2 Å². The number of hydrazone groups is 1. The van der Waals surface area contributed by atoms with Crippen LogP contribution in [0.4, 0.5) is 0 Å². The number of nitrogens with zero attached hydrogens (tertiary/aromatic N) is 1. The fraction of sp³-hybridized carbons (Fsp3) is 0.400. The number of hydrogen-bond donors (Lipinski definition) is 1. The molecular weight excluding hydrogens is 180 g/mol. The Morgan fingerprint density at radius 3 is 2.86 bits per heavy atom. The van der Waals surface area contributed by atoms with Crippen LogP contribution in [0.5, 0.6) is 0 Å². The lowest BCUT2D eigenvalue weighted by atomic mass is 10.2. The fourth-order valence-electron chi connectivity index (χ4n) is 0.845. The molecule has 4 nitrogen and oxygen atoms in total. The van der Waals surface area contributed by atoms with E-state index in [2.05, 4.69) is 10.5 Å². The topological polar surface area (TPSA) is 50.7 Å². The zero-order valence-electron chi connectivity index (χ0n) is 8.57. The Bertz CT molecular complexity index is 309. The van der Waals surface area contributed by atoms with E-state index in [0.717, 1.165) is 0 Å². The second kappa shape index (κ2) is 4.09. The quantitative estimate of drug-likeness (QED) is 0.641. The minimum absolute atomic E-state index is 0.366. The highest BCUT2D eigenvalue weighted by Crippen LogP contribution is 2.10. The predicted molar refractivity (Wildman–Crippen MR) is 54.7 cm³/mol. The number of hydrogen-bond acceptors (Lipinski definition) is 4. The number of ether oxygens (including phenoxy) is 1. The first-order valence-corrected chi connectivity index (χ1v) is 4.38. The van der Waals surface area contributed by atoms with Gasteiger partial charge in [0.15, 0.2) is 0 Å². The third-order valence-electron chi connectivity index (χ3n) is 1.36. The third-order valence-corrected chi connectivity index (χ3v) is 1.36. The Kier molecular flexibility index (Phi) is 3.06. The molecule has 1 aliphatic rings. The summed E-state index contributed by atoms with van der Waals surface area (Å²) >= 11 is 0. The molecule has 0 amide bonds. The molecule has 0 aromatic rings. The van der Waals surface area contributed by atoms with E-state index in [9.17, 15) is 4.79 Å².